The van der Waals surface area contributed by atoms with E-state index in [1.807, 2.05) is 60.0 Å². The first-order chi connectivity index (χ1) is 15.2. The number of ether oxygens (including phenoxy) is 2. The maximum absolute atomic E-state index is 12.2. The number of methoxy groups -OCH3 is 1. The Labute approximate surface area is 187 Å². The zero-order chi connectivity index (χ0) is 22.1. The minimum Gasteiger partial charge on any atom is -0.497 e. The highest BCUT2D eigenvalue weighted by Crippen LogP contribution is 2.29. The second kappa shape index (κ2) is 11.4. The van der Waals surface area contributed by atoms with Gasteiger partial charge in [-0.15, -0.1) is 10.2 Å². The van der Waals surface area contributed by atoms with Crippen LogP contribution in [0.1, 0.15) is 26.7 Å². The Balaban J connectivity index is 1.89. The molecule has 1 heterocycles. The summed E-state index contributed by atoms with van der Waals surface area (Å²) in [5, 5.41) is 12.4. The summed E-state index contributed by atoms with van der Waals surface area (Å²) in [6.45, 7) is 5.35. The van der Waals surface area contributed by atoms with Crippen LogP contribution >= 0.6 is 11.8 Å². The lowest BCUT2D eigenvalue weighted by molar-refractivity contribution is -0.118. The Bertz CT molecular complexity index is 971. The van der Waals surface area contributed by atoms with Crippen LogP contribution in [0.2, 0.25) is 0 Å². The number of unbranched alkanes of at least 4 members (excludes halogenated alkanes) is 1. The molecule has 31 heavy (non-hydrogen) atoms. The molecular weight excluding hydrogens is 412 g/mol. The summed E-state index contributed by atoms with van der Waals surface area (Å²) < 4.78 is 12.8. The van der Waals surface area contributed by atoms with E-state index in [4.69, 9.17) is 9.47 Å². The summed E-state index contributed by atoms with van der Waals surface area (Å²) in [6, 6.07) is 15.4. The standard InChI is InChI=1S/C23H28N4O3S/c1-4-6-15-24-21(28)16-31-23-26-25-22(17-7-11-19(29-3)12-8-17)27(23)18-9-13-20(14-10-18)30-5-2/h7-14H,4-6,15-16H2,1-3H3,(H,24,28). The third kappa shape index (κ3) is 6.01. The SMILES string of the molecule is CCCCNC(=O)CSc1nnc(-c2ccc(OC)cc2)n1-c1ccc(OCC)cc1. The van der Waals surface area contributed by atoms with E-state index < -0.39 is 0 Å². The smallest absolute Gasteiger partial charge is 0.230 e. The Morgan fingerprint density at radius 3 is 2.39 bits per heavy atom. The maximum atomic E-state index is 12.2. The maximum Gasteiger partial charge on any atom is 0.230 e. The Morgan fingerprint density at radius 2 is 1.74 bits per heavy atom. The molecule has 0 atom stereocenters. The average Bonchev–Trinajstić information content (AvgIpc) is 3.22. The predicted octanol–water partition coefficient (Wildman–Crippen LogP) is 4.35. The van der Waals surface area contributed by atoms with Gasteiger partial charge in [0.05, 0.1) is 19.5 Å². The lowest BCUT2D eigenvalue weighted by atomic mass is 10.2. The number of benzene rings is 2. The molecule has 0 radical (unpaired) electrons. The van der Waals surface area contributed by atoms with Gasteiger partial charge in [-0.2, -0.15) is 0 Å². The first-order valence-electron chi connectivity index (χ1n) is 10.4. The summed E-state index contributed by atoms with van der Waals surface area (Å²) >= 11 is 1.37. The van der Waals surface area contributed by atoms with Gasteiger partial charge in [-0.3, -0.25) is 9.36 Å². The average molecular weight is 441 g/mol. The Hall–Kier alpha value is -3.00. The molecule has 164 valence electrons. The van der Waals surface area contributed by atoms with Gasteiger partial charge in [-0.1, -0.05) is 25.1 Å². The molecule has 0 unspecified atom stereocenters. The highest BCUT2D eigenvalue weighted by Gasteiger charge is 2.17. The fraction of sp³-hybridized carbons (Fsp3) is 0.348. The molecule has 0 saturated heterocycles. The molecule has 1 aromatic heterocycles. The van der Waals surface area contributed by atoms with Crippen molar-refractivity contribution in [1.82, 2.24) is 20.1 Å². The number of nitrogens with zero attached hydrogens (tertiary/aromatic N) is 3. The van der Waals surface area contributed by atoms with Gasteiger partial charge in [0.15, 0.2) is 11.0 Å². The number of carbonyl (C=O) groups is 1. The van der Waals surface area contributed by atoms with Crippen molar-refractivity contribution in [3.8, 4) is 28.6 Å². The van der Waals surface area contributed by atoms with Gasteiger partial charge >= 0.3 is 0 Å². The van der Waals surface area contributed by atoms with E-state index in [0.29, 0.717) is 24.1 Å². The minimum absolute atomic E-state index is 0.00862. The van der Waals surface area contributed by atoms with Crippen molar-refractivity contribution < 1.29 is 14.3 Å². The van der Waals surface area contributed by atoms with Crippen LogP contribution in [0.4, 0.5) is 0 Å². The molecule has 0 fully saturated rings. The van der Waals surface area contributed by atoms with Crippen LogP contribution in [0.3, 0.4) is 0 Å². The first kappa shape index (κ1) is 22.7. The van der Waals surface area contributed by atoms with Crippen molar-refractivity contribution in [2.45, 2.75) is 31.8 Å². The summed E-state index contributed by atoms with van der Waals surface area (Å²) in [4.78, 5) is 12.2. The lowest BCUT2D eigenvalue weighted by Gasteiger charge is -2.12. The fourth-order valence-electron chi connectivity index (χ4n) is 2.97. The molecule has 3 aromatic rings. The first-order valence-corrected chi connectivity index (χ1v) is 11.4. The van der Waals surface area contributed by atoms with Crippen molar-refractivity contribution in [2.75, 3.05) is 26.0 Å². The normalized spacial score (nSPS) is 10.7. The van der Waals surface area contributed by atoms with E-state index in [-0.39, 0.29) is 11.7 Å². The summed E-state index contributed by atoms with van der Waals surface area (Å²) in [5.41, 5.74) is 1.80. The van der Waals surface area contributed by atoms with E-state index in [9.17, 15) is 4.79 Å². The number of aromatic nitrogens is 3. The number of carbonyl (C=O) groups excluding carboxylic acids is 1. The van der Waals surface area contributed by atoms with Crippen LogP contribution in [0.15, 0.2) is 53.7 Å². The van der Waals surface area contributed by atoms with Gasteiger partial charge in [0.1, 0.15) is 11.5 Å². The summed E-state index contributed by atoms with van der Waals surface area (Å²) in [6.07, 6.45) is 2.02. The van der Waals surface area contributed by atoms with Crippen LogP contribution in [0, 0.1) is 0 Å². The van der Waals surface area contributed by atoms with Gasteiger partial charge in [-0.05, 0) is 61.9 Å². The van der Waals surface area contributed by atoms with Gasteiger partial charge in [0, 0.05) is 17.8 Å². The zero-order valence-electron chi connectivity index (χ0n) is 18.1. The van der Waals surface area contributed by atoms with Gasteiger partial charge < -0.3 is 14.8 Å². The third-order valence-electron chi connectivity index (χ3n) is 4.57. The molecule has 7 nitrogen and oxygen atoms in total. The molecule has 0 aliphatic carbocycles. The molecule has 8 heteroatoms. The molecule has 0 aliphatic rings. The molecule has 0 aliphatic heterocycles. The van der Waals surface area contributed by atoms with Crippen LogP contribution in [-0.4, -0.2) is 46.7 Å². The molecule has 0 saturated carbocycles. The van der Waals surface area contributed by atoms with Crippen LogP contribution in [-0.2, 0) is 4.79 Å². The Morgan fingerprint density at radius 1 is 1.03 bits per heavy atom. The van der Waals surface area contributed by atoms with Crippen molar-refractivity contribution >= 4 is 17.7 Å². The molecule has 1 N–H and O–H groups in total. The van der Waals surface area contributed by atoms with Crippen LogP contribution < -0.4 is 14.8 Å². The van der Waals surface area contributed by atoms with E-state index in [0.717, 1.165) is 35.6 Å². The second-order valence-corrected chi connectivity index (χ2v) is 7.73. The lowest BCUT2D eigenvalue weighted by Crippen LogP contribution is -2.26. The summed E-state index contributed by atoms with van der Waals surface area (Å²) in [5.74, 6) is 2.54. The van der Waals surface area contributed by atoms with Crippen molar-refractivity contribution in [3.63, 3.8) is 0 Å². The van der Waals surface area contributed by atoms with E-state index in [1.54, 1.807) is 7.11 Å². The number of nitrogens with one attached hydrogen (secondary N) is 1. The highest BCUT2D eigenvalue weighted by atomic mass is 32.2. The van der Waals surface area contributed by atoms with E-state index in [1.165, 1.54) is 11.8 Å². The van der Waals surface area contributed by atoms with Crippen LogP contribution in [0.25, 0.3) is 17.1 Å². The molecule has 3 rings (SSSR count). The quantitative estimate of drug-likeness (QED) is 0.353. The largest absolute Gasteiger partial charge is 0.497 e. The van der Waals surface area contributed by atoms with Gasteiger partial charge in [0.2, 0.25) is 5.91 Å². The van der Waals surface area contributed by atoms with Crippen molar-refractivity contribution in [3.05, 3.63) is 48.5 Å². The second-order valence-electron chi connectivity index (χ2n) is 6.79. The number of rotatable bonds is 11. The third-order valence-corrected chi connectivity index (χ3v) is 5.50. The number of hydrogen-bond acceptors (Lipinski definition) is 6. The number of amides is 1. The monoisotopic (exact) mass is 440 g/mol. The zero-order valence-corrected chi connectivity index (χ0v) is 18.9. The summed E-state index contributed by atoms with van der Waals surface area (Å²) in [7, 11) is 1.64. The fourth-order valence-corrected chi connectivity index (χ4v) is 3.75. The molecule has 0 spiro atoms. The highest BCUT2D eigenvalue weighted by molar-refractivity contribution is 7.99. The van der Waals surface area contributed by atoms with Gasteiger partial charge in [0.25, 0.3) is 0 Å². The van der Waals surface area contributed by atoms with E-state index >= 15 is 0 Å². The predicted molar refractivity (Wildman–Crippen MR) is 123 cm³/mol. The van der Waals surface area contributed by atoms with Crippen LogP contribution in [0.5, 0.6) is 11.5 Å². The topological polar surface area (TPSA) is 78.3 Å². The van der Waals surface area contributed by atoms with Crippen molar-refractivity contribution in [2.24, 2.45) is 0 Å². The molecule has 0 bridgehead atoms. The number of hydrogen-bond donors (Lipinski definition) is 1. The molecular formula is C23H28N4O3S. The molecule has 1 amide bonds. The number of thioether (sulfide) groups is 1. The van der Waals surface area contributed by atoms with Crippen molar-refractivity contribution in [1.29, 1.82) is 0 Å². The molecule has 2 aromatic carbocycles. The van der Waals surface area contributed by atoms with E-state index in [2.05, 4.69) is 22.4 Å². The van der Waals surface area contributed by atoms with Gasteiger partial charge in [-0.25, -0.2) is 0 Å². The minimum atomic E-state index is -0.00862. The Kier molecular flexibility index (Phi) is 8.35.